The third-order valence-electron chi connectivity index (χ3n) is 3.29. The van der Waals surface area contributed by atoms with E-state index >= 15 is 0 Å². The first kappa shape index (κ1) is 14.5. The summed E-state index contributed by atoms with van der Waals surface area (Å²) in [5.41, 5.74) is -0.545. The topological polar surface area (TPSA) is 58.6 Å². The summed E-state index contributed by atoms with van der Waals surface area (Å²) in [6.07, 6.45) is 0.558. The molecule has 0 saturated carbocycles. The maximum Gasteiger partial charge on any atom is 0.408 e. The van der Waals surface area contributed by atoms with Gasteiger partial charge in [0.15, 0.2) is 0 Å². The molecule has 6 heteroatoms. The maximum atomic E-state index is 12.3. The standard InChI is InChI=1S/C13H22N2O3S/c1-8(14-12(17)18-13(2,3)4)11(16)15-6-10-5-9(15)7-19-10/h8-10H,5-7H2,1-4H3,(H,14,17)/t8-,9-,10+/m0/s1. The number of carbonyl (C=O) groups is 2. The summed E-state index contributed by atoms with van der Waals surface area (Å²) in [5.74, 6) is 1.02. The number of amides is 2. The van der Waals surface area contributed by atoms with Crippen LogP contribution < -0.4 is 5.32 Å². The number of hydrogen-bond donors (Lipinski definition) is 1. The van der Waals surface area contributed by atoms with E-state index in [0.717, 1.165) is 18.7 Å². The predicted molar refractivity (Wildman–Crippen MR) is 75.2 cm³/mol. The normalized spacial score (nSPS) is 27.3. The van der Waals surface area contributed by atoms with Crippen molar-refractivity contribution >= 4 is 23.8 Å². The Morgan fingerprint density at radius 1 is 1.42 bits per heavy atom. The third kappa shape index (κ3) is 3.55. The van der Waals surface area contributed by atoms with Crippen molar-refractivity contribution < 1.29 is 14.3 Å². The van der Waals surface area contributed by atoms with Gasteiger partial charge in [0, 0.05) is 23.6 Å². The summed E-state index contributed by atoms with van der Waals surface area (Å²) in [5, 5.41) is 3.20. The van der Waals surface area contributed by atoms with Gasteiger partial charge in [0.1, 0.15) is 11.6 Å². The van der Waals surface area contributed by atoms with Crippen LogP contribution in [0.5, 0.6) is 0 Å². The van der Waals surface area contributed by atoms with E-state index in [4.69, 9.17) is 4.74 Å². The van der Waals surface area contributed by atoms with Gasteiger partial charge < -0.3 is 15.0 Å². The molecule has 1 N–H and O–H groups in total. The Balaban J connectivity index is 1.84. The number of rotatable bonds is 2. The third-order valence-corrected chi connectivity index (χ3v) is 4.68. The number of nitrogens with zero attached hydrogens (tertiary/aromatic N) is 1. The molecule has 2 rings (SSSR count). The zero-order valence-corrected chi connectivity index (χ0v) is 12.8. The highest BCUT2D eigenvalue weighted by Gasteiger charge is 2.42. The Hall–Kier alpha value is -0.910. The molecule has 0 spiro atoms. The van der Waals surface area contributed by atoms with Crippen molar-refractivity contribution in [2.45, 2.75) is 57.1 Å². The summed E-state index contributed by atoms with van der Waals surface area (Å²) in [6, 6.07) is -0.176. The van der Waals surface area contributed by atoms with Gasteiger partial charge >= 0.3 is 6.09 Å². The van der Waals surface area contributed by atoms with E-state index in [1.54, 1.807) is 27.7 Å². The van der Waals surface area contributed by atoms with Gasteiger partial charge in [-0.15, -0.1) is 0 Å². The fraction of sp³-hybridized carbons (Fsp3) is 0.846. The molecule has 0 radical (unpaired) electrons. The van der Waals surface area contributed by atoms with Gasteiger partial charge in [-0.05, 0) is 34.1 Å². The van der Waals surface area contributed by atoms with Crippen LogP contribution in [0.15, 0.2) is 0 Å². The molecule has 0 unspecified atom stereocenters. The highest BCUT2D eigenvalue weighted by molar-refractivity contribution is 8.00. The molecule has 2 aliphatic heterocycles. The molecule has 0 aromatic carbocycles. The summed E-state index contributed by atoms with van der Waals surface area (Å²) < 4.78 is 5.16. The van der Waals surface area contributed by atoms with Crippen LogP contribution in [0.2, 0.25) is 0 Å². The lowest BCUT2D eigenvalue weighted by Crippen LogP contribution is -2.50. The number of thioether (sulfide) groups is 1. The highest BCUT2D eigenvalue weighted by Crippen LogP contribution is 2.37. The molecule has 5 nitrogen and oxygen atoms in total. The second kappa shape index (κ2) is 5.23. The first-order chi connectivity index (χ1) is 8.76. The van der Waals surface area contributed by atoms with E-state index in [0.29, 0.717) is 11.3 Å². The summed E-state index contributed by atoms with van der Waals surface area (Å²) in [7, 11) is 0. The number of fused-ring (bicyclic) bond motifs is 2. The second-order valence-corrected chi connectivity index (χ2v) is 7.54. The molecule has 2 amide bonds. The van der Waals surface area contributed by atoms with Crippen molar-refractivity contribution in [2.24, 2.45) is 0 Å². The van der Waals surface area contributed by atoms with E-state index in [2.05, 4.69) is 5.32 Å². The molecule has 2 heterocycles. The van der Waals surface area contributed by atoms with E-state index < -0.39 is 17.7 Å². The van der Waals surface area contributed by atoms with Gasteiger partial charge in [-0.25, -0.2) is 4.79 Å². The summed E-state index contributed by atoms with van der Waals surface area (Å²) in [4.78, 5) is 25.8. The van der Waals surface area contributed by atoms with Crippen LogP contribution in [-0.2, 0) is 9.53 Å². The molecule has 0 aromatic heterocycles. The fourth-order valence-electron chi connectivity index (χ4n) is 2.46. The predicted octanol–water partition coefficient (Wildman–Crippen LogP) is 1.62. The monoisotopic (exact) mass is 286 g/mol. The molecule has 2 saturated heterocycles. The summed E-state index contributed by atoms with van der Waals surface area (Å²) in [6.45, 7) is 7.93. The van der Waals surface area contributed by atoms with Gasteiger partial charge in [0.05, 0.1) is 0 Å². The molecule has 0 aliphatic carbocycles. The van der Waals surface area contributed by atoms with Gasteiger partial charge in [-0.2, -0.15) is 11.8 Å². The fourth-order valence-corrected chi connectivity index (χ4v) is 3.90. The molecule has 0 aromatic rings. The van der Waals surface area contributed by atoms with E-state index in [-0.39, 0.29) is 5.91 Å². The first-order valence-corrected chi connectivity index (χ1v) is 7.73. The Labute approximate surface area is 118 Å². The lowest BCUT2D eigenvalue weighted by molar-refractivity contribution is -0.133. The van der Waals surface area contributed by atoms with Crippen LogP contribution in [0, 0.1) is 0 Å². The van der Waals surface area contributed by atoms with Crippen molar-refractivity contribution in [2.75, 3.05) is 12.3 Å². The van der Waals surface area contributed by atoms with Crippen LogP contribution in [0.25, 0.3) is 0 Å². The SMILES string of the molecule is C[C@H](NC(=O)OC(C)(C)C)C(=O)N1C[C@H]2C[C@H]1CS2. The van der Waals surface area contributed by atoms with Crippen LogP contribution in [0.1, 0.15) is 34.1 Å². The van der Waals surface area contributed by atoms with E-state index in [1.165, 1.54) is 0 Å². The molecule has 2 aliphatic rings. The largest absolute Gasteiger partial charge is 0.444 e. The van der Waals surface area contributed by atoms with E-state index in [1.807, 2.05) is 16.7 Å². The Morgan fingerprint density at radius 2 is 2.11 bits per heavy atom. The van der Waals surface area contributed by atoms with Crippen LogP contribution in [-0.4, -0.2) is 52.1 Å². The lowest BCUT2D eigenvalue weighted by atomic mass is 10.2. The zero-order valence-electron chi connectivity index (χ0n) is 11.9. The maximum absolute atomic E-state index is 12.3. The molecule has 19 heavy (non-hydrogen) atoms. The minimum Gasteiger partial charge on any atom is -0.444 e. The molecule has 2 bridgehead atoms. The van der Waals surface area contributed by atoms with Crippen molar-refractivity contribution in [3.8, 4) is 0 Å². The second-order valence-electron chi connectivity index (χ2n) is 6.20. The van der Waals surface area contributed by atoms with Crippen LogP contribution in [0.3, 0.4) is 0 Å². The quantitative estimate of drug-likeness (QED) is 0.838. The number of hydrogen-bond acceptors (Lipinski definition) is 4. The first-order valence-electron chi connectivity index (χ1n) is 6.68. The number of ether oxygens (including phenoxy) is 1. The van der Waals surface area contributed by atoms with Crippen LogP contribution >= 0.6 is 11.8 Å². The number of carbonyl (C=O) groups excluding carboxylic acids is 2. The van der Waals surface area contributed by atoms with Gasteiger partial charge in [-0.3, -0.25) is 4.79 Å². The average molecular weight is 286 g/mol. The smallest absolute Gasteiger partial charge is 0.408 e. The van der Waals surface area contributed by atoms with Crippen molar-refractivity contribution in [1.29, 1.82) is 0 Å². The lowest BCUT2D eigenvalue weighted by Gasteiger charge is -2.30. The Kier molecular flexibility index (Phi) is 3.99. The molecule has 2 fully saturated rings. The minimum absolute atomic E-state index is 0.00124. The molecular weight excluding hydrogens is 264 g/mol. The molecular formula is C13H22N2O3S. The van der Waals surface area contributed by atoms with Gasteiger partial charge in [0.2, 0.25) is 5.91 Å². The zero-order chi connectivity index (χ0) is 14.2. The molecule has 3 atom stereocenters. The summed E-state index contributed by atoms with van der Waals surface area (Å²) >= 11 is 1.94. The van der Waals surface area contributed by atoms with Crippen molar-refractivity contribution in [1.82, 2.24) is 10.2 Å². The average Bonchev–Trinajstić information content (AvgIpc) is 2.86. The van der Waals surface area contributed by atoms with Crippen molar-refractivity contribution in [3.05, 3.63) is 0 Å². The number of nitrogens with one attached hydrogen (secondary N) is 1. The Morgan fingerprint density at radius 3 is 2.58 bits per heavy atom. The number of alkyl carbamates (subject to hydrolysis) is 1. The van der Waals surface area contributed by atoms with E-state index in [9.17, 15) is 9.59 Å². The van der Waals surface area contributed by atoms with Crippen molar-refractivity contribution in [3.63, 3.8) is 0 Å². The Bertz CT molecular complexity index is 381. The minimum atomic E-state index is -0.545. The molecule has 108 valence electrons. The highest BCUT2D eigenvalue weighted by atomic mass is 32.2. The van der Waals surface area contributed by atoms with Crippen LogP contribution in [0.4, 0.5) is 4.79 Å². The number of likely N-dealkylation sites (tertiary alicyclic amines) is 1. The van der Waals surface area contributed by atoms with Gasteiger partial charge in [0.25, 0.3) is 0 Å². The van der Waals surface area contributed by atoms with Gasteiger partial charge in [-0.1, -0.05) is 0 Å².